The molecule has 0 aromatic heterocycles. The predicted octanol–water partition coefficient (Wildman–Crippen LogP) is 5.70. The van der Waals surface area contributed by atoms with Gasteiger partial charge >= 0.3 is 0 Å². The van der Waals surface area contributed by atoms with E-state index in [4.69, 9.17) is 4.74 Å². The molecule has 2 aromatic carbocycles. The molecule has 4 rings (SSSR count). The van der Waals surface area contributed by atoms with E-state index in [1.165, 1.54) is 28.5 Å². The van der Waals surface area contributed by atoms with E-state index in [2.05, 4.69) is 88.3 Å². The van der Waals surface area contributed by atoms with Crippen LogP contribution in [0.15, 0.2) is 57.3 Å². The summed E-state index contributed by atoms with van der Waals surface area (Å²) in [5, 5.41) is 6.61. The number of ether oxygens (including phenoxy) is 1. The van der Waals surface area contributed by atoms with Crippen molar-refractivity contribution in [2.45, 2.75) is 69.5 Å². The number of aryl methyl sites for hydroxylation is 2. The molecule has 7 heteroatoms. The number of carbonyl (C=O) groups excluding carboxylic acids is 1. The van der Waals surface area contributed by atoms with Gasteiger partial charge in [-0.2, -0.15) is 0 Å². The van der Waals surface area contributed by atoms with Gasteiger partial charge in [-0.25, -0.2) is 0 Å². The summed E-state index contributed by atoms with van der Waals surface area (Å²) < 4.78 is 6.03. The van der Waals surface area contributed by atoms with E-state index in [9.17, 15) is 4.79 Å². The number of halogens is 1. The average molecular weight is 574 g/mol. The van der Waals surface area contributed by atoms with Gasteiger partial charge in [-0.15, -0.1) is 0 Å². The maximum Gasteiger partial charge on any atom is 0.269 e. The maximum atomic E-state index is 12.8. The van der Waals surface area contributed by atoms with E-state index < -0.39 is 0 Å². The topological polar surface area (TPSA) is 57.2 Å². The second-order valence-corrected chi connectivity index (χ2v) is 11.9. The molecule has 2 aliphatic heterocycles. The Bertz CT molecular complexity index is 1060. The first kappa shape index (κ1) is 27.2. The molecule has 2 aromatic rings. The highest BCUT2D eigenvalue weighted by atomic mass is 79.9. The molecule has 2 aliphatic rings. The van der Waals surface area contributed by atoms with Crippen molar-refractivity contribution in [3.63, 3.8) is 0 Å². The molecule has 0 spiro atoms. The molecule has 194 valence electrons. The average Bonchev–Trinajstić information content (AvgIpc) is 2.88. The molecule has 2 fully saturated rings. The lowest BCUT2D eigenvalue weighted by atomic mass is 10.0. The second-order valence-electron chi connectivity index (χ2n) is 9.90. The van der Waals surface area contributed by atoms with Crippen LogP contribution >= 0.6 is 27.7 Å². The van der Waals surface area contributed by atoms with Crippen LogP contribution in [0.1, 0.15) is 49.3 Å². The standard InChI is InChI=1S/C29H38BrN3O2S/c1-4-22-6-8-28(20(2)17-22)36-21(3)29(34)32-24-11-15-33(16-12-24)19-23-5-7-27(26(30)18-23)35-25-9-13-31-14-10-25/h5-8,17-18,24-25,31H,3-4,9-16,19H2,1-2H3,(H,32,34)/p+1. The molecule has 36 heavy (non-hydrogen) atoms. The number of thioether (sulfide) groups is 1. The number of aliphatic hydroxyl groups is 1. The van der Waals surface area contributed by atoms with Crippen molar-refractivity contribution in [1.82, 2.24) is 15.5 Å². The largest absolute Gasteiger partial charge is 0.580 e. The van der Waals surface area contributed by atoms with Crippen molar-refractivity contribution < 1.29 is 9.53 Å². The highest BCUT2D eigenvalue weighted by molar-refractivity contribution is 9.10. The van der Waals surface area contributed by atoms with Gasteiger partial charge in [0.05, 0.1) is 4.91 Å². The lowest BCUT2D eigenvalue weighted by Crippen LogP contribution is -2.44. The van der Waals surface area contributed by atoms with Crippen LogP contribution in [-0.4, -0.2) is 53.9 Å². The van der Waals surface area contributed by atoms with Crippen LogP contribution in [0.3, 0.4) is 0 Å². The van der Waals surface area contributed by atoms with Crippen molar-refractivity contribution in [2.75, 3.05) is 26.2 Å². The molecular formula is C29H39BrN3O2S+. The predicted molar refractivity (Wildman–Crippen MR) is 154 cm³/mol. The molecule has 0 saturated carbocycles. The van der Waals surface area contributed by atoms with E-state index in [1.807, 2.05) is 0 Å². The van der Waals surface area contributed by atoms with E-state index in [-0.39, 0.29) is 11.9 Å². The fourth-order valence-electron chi connectivity index (χ4n) is 4.87. The SMILES string of the molecule is C=C(Sc1ccc(CC)cc1C)C(=O)NC1CCN(Cc2ccc([OH+]C3CCNCC3)c(Br)c2)CC1. The second kappa shape index (κ2) is 13.1. The van der Waals surface area contributed by atoms with E-state index in [0.29, 0.717) is 11.0 Å². The minimum atomic E-state index is -0.0468. The van der Waals surface area contributed by atoms with Crippen molar-refractivity contribution in [3.05, 3.63) is 69.0 Å². The molecule has 0 aliphatic carbocycles. The maximum absolute atomic E-state index is 12.8. The van der Waals surface area contributed by atoms with Gasteiger partial charge in [0.25, 0.3) is 11.7 Å². The zero-order valence-electron chi connectivity index (χ0n) is 21.5. The monoisotopic (exact) mass is 572 g/mol. The molecule has 5 nitrogen and oxygen atoms in total. The van der Waals surface area contributed by atoms with Crippen molar-refractivity contribution >= 4 is 33.6 Å². The Hall–Kier alpha value is -1.80. The molecule has 1 amide bonds. The Morgan fingerprint density at radius 2 is 1.86 bits per heavy atom. The highest BCUT2D eigenvalue weighted by Crippen LogP contribution is 2.31. The van der Waals surface area contributed by atoms with Gasteiger partial charge in [0, 0.05) is 62.6 Å². The molecule has 2 saturated heterocycles. The zero-order valence-corrected chi connectivity index (χ0v) is 23.9. The Labute approximate surface area is 228 Å². The summed E-state index contributed by atoms with van der Waals surface area (Å²) in [4.78, 5) is 16.9. The summed E-state index contributed by atoms with van der Waals surface area (Å²) in [6, 6.07) is 13.2. The number of nitrogens with zero attached hydrogens (tertiary/aromatic N) is 1. The molecule has 0 atom stereocenters. The van der Waals surface area contributed by atoms with Crippen molar-refractivity contribution in [3.8, 4) is 5.75 Å². The van der Waals surface area contributed by atoms with Crippen LogP contribution in [0.2, 0.25) is 0 Å². The highest BCUT2D eigenvalue weighted by Gasteiger charge is 2.23. The van der Waals surface area contributed by atoms with Gasteiger partial charge < -0.3 is 15.4 Å². The fourth-order valence-corrected chi connectivity index (χ4v) is 6.17. The minimum Gasteiger partial charge on any atom is -0.580 e. The fraction of sp³-hybridized carbons (Fsp3) is 0.483. The Balaban J connectivity index is 1.21. The van der Waals surface area contributed by atoms with E-state index in [0.717, 1.165) is 79.9 Å². The lowest BCUT2D eigenvalue weighted by Gasteiger charge is -2.32. The number of hydrogen-bond donors (Lipinski definition) is 2. The van der Waals surface area contributed by atoms with E-state index in [1.54, 1.807) is 0 Å². The Morgan fingerprint density at radius 3 is 2.53 bits per heavy atom. The van der Waals surface area contributed by atoms with Gasteiger partial charge in [0.2, 0.25) is 0 Å². The quantitative estimate of drug-likeness (QED) is 0.230. The van der Waals surface area contributed by atoms with E-state index >= 15 is 0 Å². The summed E-state index contributed by atoms with van der Waals surface area (Å²) in [6.07, 6.45) is 5.57. The third-order valence-electron chi connectivity index (χ3n) is 7.11. The Kier molecular flexibility index (Phi) is 9.94. The number of rotatable bonds is 9. The van der Waals surface area contributed by atoms with Gasteiger partial charge in [0.1, 0.15) is 4.47 Å². The number of nitrogens with one attached hydrogen (secondary N) is 2. The summed E-state index contributed by atoms with van der Waals surface area (Å²) in [5.41, 5.74) is 3.80. The number of amides is 1. The molecule has 3 N–H and O–H groups in total. The van der Waals surface area contributed by atoms with Gasteiger partial charge in [-0.1, -0.05) is 37.4 Å². The smallest absolute Gasteiger partial charge is 0.269 e. The third kappa shape index (κ3) is 7.60. The van der Waals surface area contributed by atoms with Crippen LogP contribution < -0.4 is 10.6 Å². The summed E-state index contributed by atoms with van der Waals surface area (Å²) in [6.45, 7) is 13.3. The van der Waals surface area contributed by atoms with Gasteiger partial charge in [0.15, 0.2) is 6.10 Å². The van der Waals surface area contributed by atoms with Crippen molar-refractivity contribution in [1.29, 1.82) is 0 Å². The van der Waals surface area contributed by atoms with Gasteiger partial charge in [-0.3, -0.25) is 9.69 Å². The molecule has 0 radical (unpaired) electrons. The molecule has 2 heterocycles. The zero-order chi connectivity index (χ0) is 25.5. The number of hydrogen-bond acceptors (Lipinski definition) is 4. The summed E-state index contributed by atoms with van der Waals surface area (Å²) >= 11 is 5.21. The molecular weight excluding hydrogens is 534 g/mol. The molecule has 0 unspecified atom stereocenters. The first-order valence-electron chi connectivity index (χ1n) is 13.1. The molecule has 0 bridgehead atoms. The van der Waals surface area contributed by atoms with Crippen LogP contribution in [0, 0.1) is 6.92 Å². The number of aromatic hydroxyl groups is 1. The lowest BCUT2D eigenvalue weighted by molar-refractivity contribution is -0.117. The number of benzene rings is 2. The number of piperidine rings is 2. The van der Waals surface area contributed by atoms with Crippen LogP contribution in [0.5, 0.6) is 5.75 Å². The van der Waals surface area contributed by atoms with Crippen LogP contribution in [-0.2, 0) is 17.8 Å². The third-order valence-corrected chi connectivity index (χ3v) is 8.85. The minimum absolute atomic E-state index is 0.0468. The normalized spacial score (nSPS) is 17.6. The summed E-state index contributed by atoms with van der Waals surface area (Å²) in [7, 11) is 0. The number of likely N-dealkylation sites (tertiary alicyclic amines) is 1. The van der Waals surface area contributed by atoms with Crippen LogP contribution in [0.4, 0.5) is 0 Å². The van der Waals surface area contributed by atoms with Gasteiger partial charge in [-0.05, 0) is 77.0 Å². The Morgan fingerprint density at radius 1 is 1.14 bits per heavy atom. The van der Waals surface area contributed by atoms with Crippen LogP contribution in [0.25, 0.3) is 0 Å². The number of carbonyl (C=O) groups is 1. The first-order valence-corrected chi connectivity index (χ1v) is 14.7. The van der Waals surface area contributed by atoms with Crippen molar-refractivity contribution in [2.24, 2.45) is 0 Å². The first-order chi connectivity index (χ1) is 17.4. The summed E-state index contributed by atoms with van der Waals surface area (Å²) in [5.74, 6) is 1.01.